The number of hydrogen-bond donors (Lipinski definition) is 1. The lowest BCUT2D eigenvalue weighted by Gasteiger charge is -2.36. The summed E-state index contributed by atoms with van der Waals surface area (Å²) in [6, 6.07) is 12.6. The quantitative estimate of drug-likeness (QED) is 0.853. The zero-order chi connectivity index (χ0) is 11.7. The number of nitrogens with zero attached hydrogens (tertiary/aromatic N) is 3. The summed E-state index contributed by atoms with van der Waals surface area (Å²) in [6.07, 6.45) is 2.00. The predicted molar refractivity (Wildman–Crippen MR) is 66.8 cm³/mol. The fraction of sp³-hybridized carbons (Fsp3) is 0.308. The van der Waals surface area contributed by atoms with Gasteiger partial charge in [-0.2, -0.15) is 5.10 Å². The first kappa shape index (κ1) is 10.5. The molecule has 0 unspecified atom stereocenters. The van der Waals surface area contributed by atoms with Gasteiger partial charge in [0.05, 0.1) is 11.4 Å². The van der Waals surface area contributed by atoms with Gasteiger partial charge < -0.3 is 5.73 Å². The normalized spacial score (nSPS) is 17.0. The van der Waals surface area contributed by atoms with E-state index in [1.165, 1.54) is 0 Å². The molecule has 0 amide bonds. The van der Waals surface area contributed by atoms with Crippen molar-refractivity contribution in [2.45, 2.75) is 12.6 Å². The van der Waals surface area contributed by atoms with Gasteiger partial charge in [-0.15, -0.1) is 0 Å². The molecule has 4 nitrogen and oxygen atoms in total. The largest absolute Gasteiger partial charge is 0.325 e. The van der Waals surface area contributed by atoms with Crippen LogP contribution in [-0.4, -0.2) is 33.8 Å². The van der Waals surface area contributed by atoms with Crippen LogP contribution in [0.4, 0.5) is 0 Å². The molecule has 17 heavy (non-hydrogen) atoms. The summed E-state index contributed by atoms with van der Waals surface area (Å²) in [5.74, 6) is 0. The molecular formula is C13H16N4. The van der Waals surface area contributed by atoms with Gasteiger partial charge in [0.2, 0.25) is 0 Å². The van der Waals surface area contributed by atoms with Crippen LogP contribution in [0.15, 0.2) is 42.6 Å². The number of aromatic nitrogens is 2. The predicted octanol–water partition coefficient (Wildman–Crippen LogP) is 1.02. The second kappa shape index (κ2) is 4.31. The molecule has 1 aromatic carbocycles. The summed E-state index contributed by atoms with van der Waals surface area (Å²) in [4.78, 5) is 2.31. The van der Waals surface area contributed by atoms with E-state index in [1.807, 2.05) is 29.1 Å². The molecular weight excluding hydrogens is 212 g/mol. The van der Waals surface area contributed by atoms with E-state index < -0.39 is 0 Å². The van der Waals surface area contributed by atoms with Crippen molar-refractivity contribution in [3.8, 4) is 5.69 Å². The number of hydrogen-bond acceptors (Lipinski definition) is 3. The Balaban J connectivity index is 1.70. The smallest absolute Gasteiger partial charge is 0.0769 e. The van der Waals surface area contributed by atoms with Crippen LogP contribution < -0.4 is 5.73 Å². The first-order chi connectivity index (χ1) is 8.31. The van der Waals surface area contributed by atoms with Crippen LogP contribution in [0, 0.1) is 0 Å². The summed E-state index contributed by atoms with van der Waals surface area (Å²) in [5, 5.41) is 4.56. The number of likely N-dealkylation sites (tertiary alicyclic amines) is 1. The molecule has 0 spiro atoms. The fourth-order valence-electron chi connectivity index (χ4n) is 2.14. The first-order valence-corrected chi connectivity index (χ1v) is 5.89. The Morgan fingerprint density at radius 3 is 2.65 bits per heavy atom. The van der Waals surface area contributed by atoms with Gasteiger partial charge in [-0.1, -0.05) is 18.2 Å². The molecule has 4 heteroatoms. The molecule has 3 rings (SSSR count). The Labute approximate surface area is 101 Å². The third-order valence-corrected chi connectivity index (χ3v) is 3.04. The summed E-state index contributed by atoms with van der Waals surface area (Å²) in [5.41, 5.74) is 7.95. The minimum absolute atomic E-state index is 0.353. The van der Waals surface area contributed by atoms with Gasteiger partial charge in [0.25, 0.3) is 0 Å². The van der Waals surface area contributed by atoms with Crippen molar-refractivity contribution in [1.29, 1.82) is 0 Å². The maximum Gasteiger partial charge on any atom is 0.0769 e. The molecule has 1 aliphatic rings. The third kappa shape index (κ3) is 2.23. The molecule has 1 saturated heterocycles. The van der Waals surface area contributed by atoms with Gasteiger partial charge >= 0.3 is 0 Å². The van der Waals surface area contributed by atoms with Crippen molar-refractivity contribution < 1.29 is 0 Å². The van der Waals surface area contributed by atoms with E-state index in [2.05, 4.69) is 28.2 Å². The lowest BCUT2D eigenvalue weighted by molar-refractivity contribution is 0.140. The molecule has 1 aliphatic heterocycles. The average Bonchev–Trinajstić information content (AvgIpc) is 2.77. The maximum absolute atomic E-state index is 5.75. The standard InChI is InChI=1S/C13H16N4/c14-11-8-16(9-11)10-12-6-7-17(15-12)13-4-2-1-3-5-13/h1-7,11H,8-10,14H2. The van der Waals surface area contributed by atoms with Crippen LogP contribution in [0.5, 0.6) is 0 Å². The number of rotatable bonds is 3. The molecule has 0 bridgehead atoms. The summed E-state index contributed by atoms with van der Waals surface area (Å²) in [7, 11) is 0. The van der Waals surface area contributed by atoms with Crippen molar-refractivity contribution in [1.82, 2.24) is 14.7 Å². The SMILES string of the molecule is NC1CN(Cc2ccn(-c3ccccc3)n2)C1. The summed E-state index contributed by atoms with van der Waals surface area (Å²) >= 11 is 0. The average molecular weight is 228 g/mol. The third-order valence-electron chi connectivity index (χ3n) is 3.04. The Morgan fingerprint density at radius 1 is 1.18 bits per heavy atom. The zero-order valence-electron chi connectivity index (χ0n) is 9.66. The highest BCUT2D eigenvalue weighted by Crippen LogP contribution is 2.12. The Hall–Kier alpha value is -1.65. The van der Waals surface area contributed by atoms with Crippen molar-refractivity contribution in [3.05, 3.63) is 48.3 Å². The van der Waals surface area contributed by atoms with Crippen molar-refractivity contribution in [2.24, 2.45) is 5.73 Å². The second-order valence-corrected chi connectivity index (χ2v) is 4.54. The highest BCUT2D eigenvalue weighted by atomic mass is 15.3. The van der Waals surface area contributed by atoms with Gasteiger partial charge in [-0.05, 0) is 18.2 Å². The highest BCUT2D eigenvalue weighted by Gasteiger charge is 2.23. The minimum Gasteiger partial charge on any atom is -0.325 e. The second-order valence-electron chi connectivity index (χ2n) is 4.54. The molecule has 0 saturated carbocycles. The van der Waals surface area contributed by atoms with E-state index >= 15 is 0 Å². The fourth-order valence-corrected chi connectivity index (χ4v) is 2.14. The zero-order valence-corrected chi connectivity index (χ0v) is 9.66. The van der Waals surface area contributed by atoms with Crippen molar-refractivity contribution in [3.63, 3.8) is 0 Å². The highest BCUT2D eigenvalue weighted by molar-refractivity contribution is 5.30. The van der Waals surface area contributed by atoms with Crippen molar-refractivity contribution in [2.75, 3.05) is 13.1 Å². The summed E-state index contributed by atoms with van der Waals surface area (Å²) in [6.45, 7) is 2.87. The molecule has 2 aromatic rings. The van der Waals surface area contributed by atoms with Crippen LogP contribution >= 0.6 is 0 Å². The van der Waals surface area contributed by atoms with Gasteiger partial charge in [0, 0.05) is 31.9 Å². The first-order valence-electron chi connectivity index (χ1n) is 5.89. The van der Waals surface area contributed by atoms with E-state index in [-0.39, 0.29) is 0 Å². The molecule has 0 aliphatic carbocycles. The minimum atomic E-state index is 0.353. The van der Waals surface area contributed by atoms with E-state index in [1.54, 1.807) is 0 Å². The molecule has 1 aromatic heterocycles. The Bertz CT molecular complexity index is 485. The van der Waals surface area contributed by atoms with Crippen LogP contribution in [0.3, 0.4) is 0 Å². The van der Waals surface area contributed by atoms with Crippen LogP contribution in [0.1, 0.15) is 5.69 Å². The van der Waals surface area contributed by atoms with Gasteiger partial charge in [0.15, 0.2) is 0 Å². The van der Waals surface area contributed by atoms with E-state index in [4.69, 9.17) is 5.73 Å². The Kier molecular flexibility index (Phi) is 2.66. The molecule has 0 atom stereocenters. The lowest BCUT2D eigenvalue weighted by Crippen LogP contribution is -2.54. The lowest BCUT2D eigenvalue weighted by atomic mass is 10.1. The monoisotopic (exact) mass is 228 g/mol. The van der Waals surface area contributed by atoms with Crippen LogP contribution in [-0.2, 0) is 6.54 Å². The Morgan fingerprint density at radius 2 is 1.94 bits per heavy atom. The van der Waals surface area contributed by atoms with Crippen molar-refractivity contribution >= 4 is 0 Å². The van der Waals surface area contributed by atoms with E-state index in [0.29, 0.717) is 6.04 Å². The maximum atomic E-state index is 5.75. The number of nitrogens with two attached hydrogens (primary N) is 1. The molecule has 2 N–H and O–H groups in total. The van der Waals surface area contributed by atoms with Gasteiger partial charge in [-0.25, -0.2) is 4.68 Å². The summed E-state index contributed by atoms with van der Waals surface area (Å²) < 4.78 is 1.91. The van der Waals surface area contributed by atoms with Crippen LogP contribution in [0.2, 0.25) is 0 Å². The molecule has 0 radical (unpaired) electrons. The number of para-hydroxylation sites is 1. The van der Waals surface area contributed by atoms with Gasteiger partial charge in [-0.3, -0.25) is 4.90 Å². The molecule has 88 valence electrons. The van der Waals surface area contributed by atoms with E-state index in [9.17, 15) is 0 Å². The molecule has 1 fully saturated rings. The molecule has 2 heterocycles. The topological polar surface area (TPSA) is 47.1 Å². The van der Waals surface area contributed by atoms with Gasteiger partial charge in [0.1, 0.15) is 0 Å². The van der Waals surface area contributed by atoms with E-state index in [0.717, 1.165) is 31.0 Å². The number of benzene rings is 1. The van der Waals surface area contributed by atoms with Crippen LogP contribution in [0.25, 0.3) is 5.69 Å².